The molecule has 0 aliphatic rings. The molecule has 0 aromatic heterocycles. The Bertz CT molecular complexity index is 335. The molecule has 1 nitrogen and oxygen atoms in total. The fourth-order valence-corrected chi connectivity index (χ4v) is 0.924. The molecule has 0 aliphatic heterocycles. The van der Waals surface area contributed by atoms with E-state index >= 15 is 0 Å². The summed E-state index contributed by atoms with van der Waals surface area (Å²) in [5, 5.41) is 8.58. The van der Waals surface area contributed by atoms with Crippen molar-refractivity contribution in [1.29, 1.82) is 5.26 Å². The van der Waals surface area contributed by atoms with Gasteiger partial charge >= 0.3 is 0 Å². The average Bonchev–Trinajstić information content (AvgIpc) is 2.06. The zero-order valence-electron chi connectivity index (χ0n) is 6.09. The lowest BCUT2D eigenvalue weighted by Gasteiger charge is -1.95. The van der Waals surface area contributed by atoms with Gasteiger partial charge in [0.2, 0.25) is 0 Å². The number of rotatable bonds is 1. The third-order valence-corrected chi connectivity index (χ3v) is 1.64. The molecule has 0 aliphatic carbocycles. The fraction of sp³-hybridized carbons (Fsp3) is 0. The third-order valence-electron chi connectivity index (χ3n) is 1.31. The first-order chi connectivity index (χ1) is 5.74. The number of hydrogen-bond donors (Lipinski definition) is 0. The largest absolute Gasteiger partial charge is 0.207 e. The SMILES string of the molecule is N#C/C=C(\Cl)c1ccc(F)cc1. The Morgan fingerprint density at radius 3 is 2.50 bits per heavy atom. The predicted octanol–water partition coefficient (Wildman–Crippen LogP) is 2.93. The van der Waals surface area contributed by atoms with Gasteiger partial charge in [-0.1, -0.05) is 23.7 Å². The summed E-state index contributed by atoms with van der Waals surface area (Å²) in [4.78, 5) is 0. The summed E-state index contributed by atoms with van der Waals surface area (Å²) in [5.74, 6) is -0.319. The predicted molar refractivity (Wildman–Crippen MR) is 45.8 cm³/mol. The first-order valence-corrected chi connectivity index (χ1v) is 3.63. The second-order valence-electron chi connectivity index (χ2n) is 2.13. The second-order valence-corrected chi connectivity index (χ2v) is 2.54. The van der Waals surface area contributed by atoms with Gasteiger partial charge in [0.05, 0.1) is 11.1 Å². The first kappa shape index (κ1) is 8.76. The van der Waals surface area contributed by atoms with Gasteiger partial charge in [-0.3, -0.25) is 0 Å². The highest BCUT2D eigenvalue weighted by atomic mass is 35.5. The molecule has 0 heterocycles. The van der Waals surface area contributed by atoms with Gasteiger partial charge in [0.15, 0.2) is 0 Å². The van der Waals surface area contributed by atoms with E-state index in [4.69, 9.17) is 16.9 Å². The minimum atomic E-state index is -0.319. The number of hydrogen-bond acceptors (Lipinski definition) is 1. The molecule has 0 spiro atoms. The Labute approximate surface area is 74.7 Å². The van der Waals surface area contributed by atoms with Gasteiger partial charge < -0.3 is 0 Å². The molecule has 0 saturated carbocycles. The molecule has 1 aromatic rings. The van der Waals surface area contributed by atoms with Crippen molar-refractivity contribution >= 4 is 16.6 Å². The van der Waals surface area contributed by atoms with Crippen molar-refractivity contribution in [2.75, 3.05) is 0 Å². The van der Waals surface area contributed by atoms with Crippen molar-refractivity contribution in [3.8, 4) is 6.07 Å². The van der Waals surface area contributed by atoms with Crippen molar-refractivity contribution in [3.63, 3.8) is 0 Å². The first-order valence-electron chi connectivity index (χ1n) is 3.25. The van der Waals surface area contributed by atoms with E-state index in [0.29, 0.717) is 10.6 Å². The van der Waals surface area contributed by atoms with Gasteiger partial charge in [0.25, 0.3) is 0 Å². The van der Waals surface area contributed by atoms with E-state index < -0.39 is 0 Å². The summed E-state index contributed by atoms with van der Waals surface area (Å²) in [5.41, 5.74) is 0.639. The summed E-state index contributed by atoms with van der Waals surface area (Å²) in [7, 11) is 0. The summed E-state index contributed by atoms with van der Waals surface area (Å²) < 4.78 is 12.4. The molecule has 0 amide bonds. The molecule has 0 saturated heterocycles. The Morgan fingerprint density at radius 1 is 1.42 bits per heavy atom. The molecule has 1 rings (SSSR count). The molecule has 0 bridgehead atoms. The maximum atomic E-state index is 12.4. The summed E-state index contributed by atoms with van der Waals surface area (Å²) >= 11 is 5.67. The highest BCUT2D eigenvalue weighted by molar-refractivity contribution is 6.48. The molecular weight excluding hydrogens is 177 g/mol. The van der Waals surface area contributed by atoms with E-state index in [-0.39, 0.29) is 5.82 Å². The Hall–Kier alpha value is -1.33. The van der Waals surface area contributed by atoms with Crippen molar-refractivity contribution in [2.24, 2.45) is 0 Å². The molecule has 0 unspecified atom stereocenters. The van der Waals surface area contributed by atoms with Crippen LogP contribution in [0.1, 0.15) is 5.56 Å². The zero-order valence-corrected chi connectivity index (χ0v) is 6.85. The number of nitrogens with zero attached hydrogens (tertiary/aromatic N) is 1. The monoisotopic (exact) mass is 181 g/mol. The maximum Gasteiger partial charge on any atom is 0.123 e. The van der Waals surface area contributed by atoms with Crippen LogP contribution in [0.3, 0.4) is 0 Å². The Morgan fingerprint density at radius 2 is 2.00 bits per heavy atom. The van der Waals surface area contributed by atoms with Crippen LogP contribution in [-0.4, -0.2) is 0 Å². The molecular formula is C9H5ClFN. The third kappa shape index (κ3) is 2.08. The molecule has 0 N–H and O–H groups in total. The van der Waals surface area contributed by atoms with Gasteiger partial charge in [-0.05, 0) is 17.7 Å². The van der Waals surface area contributed by atoms with Crippen LogP contribution in [0.25, 0.3) is 5.03 Å². The smallest absolute Gasteiger partial charge is 0.123 e. The van der Waals surface area contributed by atoms with Crippen LogP contribution in [-0.2, 0) is 0 Å². The lowest BCUT2D eigenvalue weighted by molar-refractivity contribution is 0.627. The highest BCUT2D eigenvalue weighted by Crippen LogP contribution is 2.18. The molecule has 0 fully saturated rings. The summed E-state index contributed by atoms with van der Waals surface area (Å²) in [6, 6.07) is 7.42. The number of allylic oxidation sites excluding steroid dienone is 1. The standard InChI is InChI=1S/C9H5ClFN/c10-9(5-6-12)7-1-3-8(11)4-2-7/h1-5H/b9-5-. The molecule has 1 aromatic carbocycles. The van der Waals surface area contributed by atoms with E-state index in [0.717, 1.165) is 0 Å². The van der Waals surface area contributed by atoms with Gasteiger partial charge in [-0.15, -0.1) is 0 Å². The summed E-state index contributed by atoms with van der Waals surface area (Å²) in [6.45, 7) is 0. The van der Waals surface area contributed by atoms with Crippen LogP contribution < -0.4 is 0 Å². The van der Waals surface area contributed by atoms with Gasteiger partial charge in [0.1, 0.15) is 5.82 Å². The van der Waals surface area contributed by atoms with Crippen LogP contribution in [0.2, 0.25) is 0 Å². The Balaban J connectivity index is 2.99. The highest BCUT2D eigenvalue weighted by Gasteiger charge is 1.96. The van der Waals surface area contributed by atoms with Crippen LogP contribution in [0.15, 0.2) is 30.3 Å². The fourth-order valence-electron chi connectivity index (χ4n) is 0.749. The zero-order chi connectivity index (χ0) is 8.97. The van der Waals surface area contributed by atoms with Crippen LogP contribution in [0.4, 0.5) is 4.39 Å². The molecule has 0 atom stereocenters. The normalized spacial score (nSPS) is 10.9. The lowest BCUT2D eigenvalue weighted by atomic mass is 10.2. The van der Waals surface area contributed by atoms with E-state index in [1.54, 1.807) is 6.07 Å². The number of halogens is 2. The minimum absolute atomic E-state index is 0.317. The summed E-state index contributed by atoms with van der Waals surface area (Å²) in [6.07, 6.45) is 1.20. The number of benzene rings is 1. The minimum Gasteiger partial charge on any atom is -0.207 e. The van der Waals surface area contributed by atoms with Crippen LogP contribution in [0, 0.1) is 17.1 Å². The topological polar surface area (TPSA) is 23.8 Å². The molecule has 3 heteroatoms. The van der Waals surface area contributed by atoms with Crippen molar-refractivity contribution in [2.45, 2.75) is 0 Å². The lowest BCUT2D eigenvalue weighted by Crippen LogP contribution is -1.77. The second kappa shape index (κ2) is 3.89. The van der Waals surface area contributed by atoms with Gasteiger partial charge in [-0.25, -0.2) is 4.39 Å². The average molecular weight is 182 g/mol. The van der Waals surface area contributed by atoms with Crippen LogP contribution in [0.5, 0.6) is 0 Å². The van der Waals surface area contributed by atoms with Gasteiger partial charge in [0, 0.05) is 6.08 Å². The van der Waals surface area contributed by atoms with Crippen molar-refractivity contribution in [3.05, 3.63) is 41.7 Å². The number of nitriles is 1. The van der Waals surface area contributed by atoms with E-state index in [9.17, 15) is 4.39 Å². The van der Waals surface area contributed by atoms with Crippen LogP contribution >= 0.6 is 11.6 Å². The molecule has 12 heavy (non-hydrogen) atoms. The van der Waals surface area contributed by atoms with E-state index in [1.165, 1.54) is 30.3 Å². The maximum absolute atomic E-state index is 12.4. The van der Waals surface area contributed by atoms with Crippen molar-refractivity contribution < 1.29 is 4.39 Å². The molecule has 60 valence electrons. The molecule has 0 radical (unpaired) electrons. The van der Waals surface area contributed by atoms with E-state index in [1.807, 2.05) is 0 Å². The quantitative estimate of drug-likeness (QED) is 0.611. The van der Waals surface area contributed by atoms with Crippen molar-refractivity contribution in [1.82, 2.24) is 0 Å². The van der Waals surface area contributed by atoms with E-state index in [2.05, 4.69) is 0 Å². The van der Waals surface area contributed by atoms with Gasteiger partial charge in [-0.2, -0.15) is 5.26 Å². The Kier molecular flexibility index (Phi) is 2.84.